The molecule has 2 unspecified atom stereocenters. The molecule has 2 aromatic carbocycles. The molecular formula is C22H24FN2O2S-. The van der Waals surface area contributed by atoms with Gasteiger partial charge in [-0.05, 0) is 60.7 Å². The average Bonchev–Trinajstić information content (AvgIpc) is 3.08. The normalized spacial score (nSPS) is 14.0. The van der Waals surface area contributed by atoms with Crippen molar-refractivity contribution in [1.29, 1.82) is 0 Å². The van der Waals surface area contributed by atoms with Gasteiger partial charge < -0.3 is 18.3 Å². The minimum absolute atomic E-state index is 0.217. The average molecular weight is 400 g/mol. The highest BCUT2D eigenvalue weighted by Crippen LogP contribution is 2.32. The van der Waals surface area contributed by atoms with Crippen LogP contribution in [0.5, 0.6) is 5.75 Å². The minimum atomic E-state index is -1.50. The van der Waals surface area contributed by atoms with Crippen molar-refractivity contribution >= 4 is 33.6 Å². The Kier molecular flexibility index (Phi) is 6.19. The van der Waals surface area contributed by atoms with Crippen LogP contribution in [0.25, 0.3) is 22.0 Å². The van der Waals surface area contributed by atoms with Gasteiger partial charge in [-0.15, -0.1) is 0 Å². The first-order valence-corrected chi connectivity index (χ1v) is 10.5. The van der Waals surface area contributed by atoms with E-state index in [1.165, 1.54) is 12.1 Å². The molecule has 0 spiro atoms. The lowest BCUT2D eigenvalue weighted by Gasteiger charge is -2.22. The zero-order valence-electron chi connectivity index (χ0n) is 16.2. The Bertz CT molecular complexity index is 1080. The van der Waals surface area contributed by atoms with Crippen LogP contribution in [0.3, 0.4) is 0 Å². The van der Waals surface area contributed by atoms with Gasteiger partial charge in [0.1, 0.15) is 17.7 Å². The molecule has 1 aromatic heterocycles. The van der Waals surface area contributed by atoms with Gasteiger partial charge in [0.05, 0.1) is 0 Å². The van der Waals surface area contributed by atoms with Crippen LogP contribution in [0.1, 0.15) is 25.8 Å². The quantitative estimate of drug-likeness (QED) is 0.326. The van der Waals surface area contributed by atoms with E-state index in [4.69, 9.17) is 4.74 Å². The van der Waals surface area contributed by atoms with Crippen molar-refractivity contribution in [3.63, 3.8) is 0 Å². The van der Waals surface area contributed by atoms with Crippen LogP contribution in [-0.4, -0.2) is 23.2 Å². The van der Waals surface area contributed by atoms with Crippen molar-refractivity contribution in [1.82, 2.24) is 4.98 Å². The number of rotatable bonds is 7. The number of halogens is 1. The number of aryl methyl sites for hydroxylation is 1. The topological polar surface area (TPSA) is 54.4 Å². The van der Waals surface area contributed by atoms with Gasteiger partial charge in [0.25, 0.3) is 0 Å². The SMILES string of the molecule is C=[S-](=O)N=CC(Oc1ccc(-c2c[nH]c3cc(F)ccc23)cc1C)C(C)CC. The van der Waals surface area contributed by atoms with Crippen LogP contribution in [0, 0.1) is 18.7 Å². The molecular weight excluding hydrogens is 375 g/mol. The van der Waals surface area contributed by atoms with Crippen molar-refractivity contribution < 1.29 is 13.3 Å². The number of nitrogens with zero attached hydrogens (tertiary/aromatic N) is 1. The Morgan fingerprint density at radius 1 is 1.32 bits per heavy atom. The number of ether oxygens (including phenoxy) is 1. The fourth-order valence-electron chi connectivity index (χ4n) is 3.09. The zero-order valence-corrected chi connectivity index (χ0v) is 17.1. The molecule has 0 amide bonds. The summed E-state index contributed by atoms with van der Waals surface area (Å²) in [7, 11) is -1.50. The number of hydrogen-bond donors (Lipinski definition) is 1. The predicted molar refractivity (Wildman–Crippen MR) is 116 cm³/mol. The molecule has 0 saturated heterocycles. The third-order valence-corrected chi connectivity index (χ3v) is 5.28. The second-order valence-corrected chi connectivity index (χ2v) is 7.77. The van der Waals surface area contributed by atoms with Gasteiger partial charge in [-0.1, -0.05) is 19.9 Å². The van der Waals surface area contributed by atoms with E-state index >= 15 is 0 Å². The van der Waals surface area contributed by atoms with E-state index in [0.29, 0.717) is 0 Å². The number of aromatic amines is 1. The van der Waals surface area contributed by atoms with Gasteiger partial charge in [-0.3, -0.25) is 0 Å². The number of fused-ring (bicyclic) bond motifs is 1. The van der Waals surface area contributed by atoms with Crippen molar-refractivity contribution in [2.45, 2.75) is 33.3 Å². The molecule has 1 N–H and O–H groups in total. The Balaban J connectivity index is 1.90. The number of nitrogens with one attached hydrogen (secondary N) is 1. The van der Waals surface area contributed by atoms with Crippen molar-refractivity contribution in [3.8, 4) is 16.9 Å². The van der Waals surface area contributed by atoms with Gasteiger partial charge in [0, 0.05) is 28.9 Å². The van der Waals surface area contributed by atoms with Crippen molar-refractivity contribution in [2.75, 3.05) is 0 Å². The molecule has 3 rings (SSSR count). The first-order valence-electron chi connectivity index (χ1n) is 9.19. The molecule has 0 saturated carbocycles. The molecule has 3 aromatic rings. The fraction of sp³-hybridized carbons (Fsp3) is 0.273. The first-order chi connectivity index (χ1) is 13.4. The maximum atomic E-state index is 13.4. The molecule has 0 radical (unpaired) electrons. The molecule has 0 fully saturated rings. The van der Waals surface area contributed by atoms with Crippen LogP contribution in [0.15, 0.2) is 47.0 Å². The maximum absolute atomic E-state index is 13.4. The Morgan fingerprint density at radius 2 is 2.11 bits per heavy atom. The van der Waals surface area contributed by atoms with E-state index < -0.39 is 10.6 Å². The summed E-state index contributed by atoms with van der Waals surface area (Å²) in [5.74, 6) is 4.09. The van der Waals surface area contributed by atoms with E-state index in [9.17, 15) is 8.60 Å². The number of benzene rings is 2. The number of H-pyrrole nitrogens is 1. The molecule has 28 heavy (non-hydrogen) atoms. The van der Waals surface area contributed by atoms with Crippen LogP contribution in [0.2, 0.25) is 0 Å². The predicted octanol–water partition coefficient (Wildman–Crippen LogP) is 5.46. The van der Waals surface area contributed by atoms with E-state index in [0.717, 1.165) is 39.8 Å². The number of aromatic nitrogens is 1. The van der Waals surface area contributed by atoms with Gasteiger partial charge in [-0.2, -0.15) is 16.4 Å². The molecule has 6 heteroatoms. The summed E-state index contributed by atoms with van der Waals surface area (Å²) in [4.78, 5) is 3.12. The van der Waals surface area contributed by atoms with Crippen LogP contribution in [0.4, 0.5) is 4.39 Å². The third kappa shape index (κ3) is 4.44. The standard InChI is InChI=1S/C22H24FN2O2S/c1-5-14(2)22(13-25-28(4)26)27-21-9-6-16(10-15(21)3)19-12-24-20-11-17(23)7-8-18(19)20/h6-14,22,24H,4-5H2,1-3H3/q-1. The largest absolute Gasteiger partial charge is 0.484 e. The third-order valence-electron chi connectivity index (χ3n) is 4.92. The highest BCUT2D eigenvalue weighted by molar-refractivity contribution is 7.81. The van der Waals surface area contributed by atoms with E-state index in [1.54, 1.807) is 12.3 Å². The summed E-state index contributed by atoms with van der Waals surface area (Å²) < 4.78 is 34.7. The Labute approximate surface area is 166 Å². The Morgan fingerprint density at radius 3 is 2.79 bits per heavy atom. The molecule has 2 atom stereocenters. The molecule has 4 nitrogen and oxygen atoms in total. The highest BCUT2D eigenvalue weighted by Gasteiger charge is 2.17. The fourth-order valence-corrected chi connectivity index (χ4v) is 3.34. The van der Waals surface area contributed by atoms with Crippen molar-refractivity contribution in [2.24, 2.45) is 10.3 Å². The van der Waals surface area contributed by atoms with Crippen molar-refractivity contribution in [3.05, 3.63) is 54.0 Å². The monoisotopic (exact) mass is 399 g/mol. The van der Waals surface area contributed by atoms with Crippen LogP contribution >= 0.6 is 0 Å². The second-order valence-electron chi connectivity index (χ2n) is 6.92. The smallest absolute Gasteiger partial charge is 0.134 e. The molecule has 0 bridgehead atoms. The van der Waals surface area contributed by atoms with Gasteiger partial charge in [-0.25, -0.2) is 4.39 Å². The summed E-state index contributed by atoms with van der Waals surface area (Å²) in [5.41, 5.74) is 3.78. The molecule has 0 aliphatic carbocycles. The Hall–Kier alpha value is -2.60. The van der Waals surface area contributed by atoms with E-state index in [1.807, 2.05) is 31.3 Å². The highest BCUT2D eigenvalue weighted by atomic mass is 32.2. The van der Waals surface area contributed by atoms with Gasteiger partial charge in [0.2, 0.25) is 0 Å². The lowest BCUT2D eigenvalue weighted by Crippen LogP contribution is -2.26. The lowest BCUT2D eigenvalue weighted by molar-refractivity contribution is 0.205. The minimum Gasteiger partial charge on any atom is -0.484 e. The first kappa shape index (κ1) is 20.1. The van der Waals surface area contributed by atoms with E-state index in [-0.39, 0.29) is 17.8 Å². The van der Waals surface area contributed by atoms with E-state index in [2.05, 4.69) is 29.1 Å². The summed E-state index contributed by atoms with van der Waals surface area (Å²) in [6.45, 7) is 6.13. The van der Waals surface area contributed by atoms with Gasteiger partial charge >= 0.3 is 0 Å². The maximum Gasteiger partial charge on any atom is 0.134 e. The summed E-state index contributed by atoms with van der Waals surface area (Å²) in [6.07, 6.45) is 4.09. The molecule has 148 valence electrons. The molecule has 1 heterocycles. The molecule has 0 aliphatic rings. The van der Waals surface area contributed by atoms with Crippen LogP contribution < -0.4 is 4.74 Å². The second kappa shape index (κ2) is 8.61. The number of hydrogen-bond acceptors (Lipinski definition) is 3. The lowest BCUT2D eigenvalue weighted by atomic mass is 10.0. The zero-order chi connectivity index (χ0) is 20.3. The van der Waals surface area contributed by atoms with Crippen LogP contribution in [-0.2, 0) is 14.8 Å². The summed E-state index contributed by atoms with van der Waals surface area (Å²) in [5, 5.41) is 0.969. The van der Waals surface area contributed by atoms with Gasteiger partial charge in [0.15, 0.2) is 0 Å². The summed E-state index contributed by atoms with van der Waals surface area (Å²) >= 11 is 0. The molecule has 0 aliphatic heterocycles. The summed E-state index contributed by atoms with van der Waals surface area (Å²) in [6, 6.07) is 10.7.